The Morgan fingerprint density at radius 1 is 0.947 bits per heavy atom. The lowest BCUT2D eigenvalue weighted by Gasteiger charge is -2.08. The average molecular weight is 302 g/mol. The predicted molar refractivity (Wildman–Crippen MR) is 68.3 cm³/mol. The maximum Gasteiger partial charge on any atom is 0.295 e. The van der Waals surface area contributed by atoms with Crippen molar-refractivity contribution in [3.63, 3.8) is 0 Å². The summed E-state index contributed by atoms with van der Waals surface area (Å²) in [5, 5.41) is 0.514. The van der Waals surface area contributed by atoms with E-state index in [1.54, 1.807) is 0 Å². The molecule has 8 heteroatoms. The van der Waals surface area contributed by atoms with Crippen LogP contribution in [0.3, 0.4) is 0 Å². The molecule has 0 bridgehead atoms. The van der Waals surface area contributed by atoms with Crippen LogP contribution >= 0.6 is 0 Å². The Hall–Kier alpha value is -1.48. The van der Waals surface area contributed by atoms with Crippen LogP contribution in [-0.2, 0) is 20.2 Å². The molecule has 0 amide bonds. The van der Waals surface area contributed by atoms with E-state index in [0.717, 1.165) is 12.1 Å². The van der Waals surface area contributed by atoms with Gasteiger partial charge < -0.3 is 0 Å². The van der Waals surface area contributed by atoms with Crippen LogP contribution in [0.25, 0.3) is 10.8 Å². The number of rotatable bonds is 2. The standard InChI is InChI=1S/C11H10O6S2/c1-7-5-9(18(12,13)14)6-8-3-2-4-10(11(7)8)19(15,16)17/h2-6H,1H3,(H,12,13,14)(H,15,16,17). The van der Waals surface area contributed by atoms with Gasteiger partial charge in [0, 0.05) is 5.39 Å². The van der Waals surface area contributed by atoms with Crippen molar-refractivity contribution in [3.05, 3.63) is 35.9 Å². The highest BCUT2D eigenvalue weighted by molar-refractivity contribution is 7.86. The Kier molecular flexibility index (Phi) is 3.13. The van der Waals surface area contributed by atoms with Gasteiger partial charge >= 0.3 is 0 Å². The topological polar surface area (TPSA) is 109 Å². The SMILES string of the molecule is Cc1cc(S(=O)(=O)O)cc2cccc(S(=O)(=O)O)c12. The van der Waals surface area contributed by atoms with E-state index in [1.807, 2.05) is 0 Å². The highest BCUT2D eigenvalue weighted by atomic mass is 32.2. The van der Waals surface area contributed by atoms with Crippen molar-refractivity contribution in [2.24, 2.45) is 0 Å². The fourth-order valence-electron chi connectivity index (χ4n) is 1.93. The molecule has 2 aromatic carbocycles. The summed E-state index contributed by atoms with van der Waals surface area (Å²) >= 11 is 0. The second-order valence-corrected chi connectivity index (χ2v) is 6.86. The zero-order chi connectivity index (χ0) is 14.4. The minimum atomic E-state index is -4.41. The van der Waals surface area contributed by atoms with Crippen molar-refractivity contribution >= 4 is 31.0 Å². The zero-order valence-electron chi connectivity index (χ0n) is 9.73. The molecule has 0 saturated carbocycles. The minimum absolute atomic E-state index is 0.220. The average Bonchev–Trinajstić information content (AvgIpc) is 2.25. The molecule has 0 fully saturated rings. The largest absolute Gasteiger partial charge is 0.295 e. The number of fused-ring (bicyclic) bond motifs is 1. The molecule has 102 valence electrons. The van der Waals surface area contributed by atoms with Gasteiger partial charge in [0.05, 0.1) is 4.90 Å². The molecule has 0 atom stereocenters. The molecule has 0 spiro atoms. The van der Waals surface area contributed by atoms with E-state index < -0.39 is 20.2 Å². The maximum absolute atomic E-state index is 11.3. The van der Waals surface area contributed by atoms with Crippen LogP contribution in [0, 0.1) is 6.92 Å². The molecule has 6 nitrogen and oxygen atoms in total. The van der Waals surface area contributed by atoms with E-state index in [4.69, 9.17) is 9.11 Å². The molecule has 19 heavy (non-hydrogen) atoms. The van der Waals surface area contributed by atoms with Gasteiger partial charge in [-0.25, -0.2) is 0 Å². The summed E-state index contributed by atoms with van der Waals surface area (Å²) in [6.45, 7) is 1.49. The van der Waals surface area contributed by atoms with Crippen LogP contribution in [-0.4, -0.2) is 25.9 Å². The highest BCUT2D eigenvalue weighted by Crippen LogP contribution is 2.28. The number of hydrogen-bond donors (Lipinski definition) is 2. The Morgan fingerprint density at radius 3 is 2.11 bits per heavy atom. The van der Waals surface area contributed by atoms with Crippen molar-refractivity contribution < 1.29 is 25.9 Å². The lowest BCUT2D eigenvalue weighted by Crippen LogP contribution is -2.02. The molecule has 2 N–H and O–H groups in total. The quantitative estimate of drug-likeness (QED) is 0.816. The van der Waals surface area contributed by atoms with Crippen molar-refractivity contribution in [2.45, 2.75) is 16.7 Å². The lowest BCUT2D eigenvalue weighted by atomic mass is 10.1. The van der Waals surface area contributed by atoms with Crippen LogP contribution in [0.5, 0.6) is 0 Å². The van der Waals surface area contributed by atoms with Gasteiger partial charge in [0.1, 0.15) is 4.90 Å². The van der Waals surface area contributed by atoms with Gasteiger partial charge in [-0.05, 0) is 36.1 Å². The van der Waals surface area contributed by atoms with Gasteiger partial charge in [-0.1, -0.05) is 12.1 Å². The van der Waals surface area contributed by atoms with Crippen molar-refractivity contribution in [2.75, 3.05) is 0 Å². The van der Waals surface area contributed by atoms with E-state index in [9.17, 15) is 16.8 Å². The maximum atomic E-state index is 11.3. The highest BCUT2D eigenvalue weighted by Gasteiger charge is 2.18. The molecule has 0 saturated heterocycles. The van der Waals surface area contributed by atoms with Crippen LogP contribution < -0.4 is 0 Å². The summed E-state index contributed by atoms with van der Waals surface area (Å²) in [7, 11) is -8.79. The summed E-state index contributed by atoms with van der Waals surface area (Å²) in [6.07, 6.45) is 0. The number of benzene rings is 2. The van der Waals surface area contributed by atoms with Gasteiger partial charge in [-0.3, -0.25) is 9.11 Å². The summed E-state index contributed by atoms with van der Waals surface area (Å²) < 4.78 is 62.9. The lowest BCUT2D eigenvalue weighted by molar-refractivity contribution is 0.482. The third-order valence-electron chi connectivity index (χ3n) is 2.69. The Morgan fingerprint density at radius 2 is 1.58 bits per heavy atom. The molecule has 0 aromatic heterocycles. The summed E-state index contributed by atoms with van der Waals surface area (Å²) in [5.41, 5.74) is 0.318. The first-order valence-corrected chi connectivity index (χ1v) is 7.97. The Labute approximate surface area is 110 Å². The number of aryl methyl sites for hydroxylation is 1. The first-order chi connectivity index (χ1) is 8.60. The van der Waals surface area contributed by atoms with Gasteiger partial charge in [-0.15, -0.1) is 0 Å². The molecule has 0 radical (unpaired) electrons. The second kappa shape index (κ2) is 4.27. The third kappa shape index (κ3) is 2.61. The molecular weight excluding hydrogens is 292 g/mol. The van der Waals surface area contributed by atoms with Crippen molar-refractivity contribution in [1.29, 1.82) is 0 Å². The molecule has 0 aliphatic carbocycles. The van der Waals surface area contributed by atoms with Gasteiger partial charge in [-0.2, -0.15) is 16.8 Å². The molecule has 2 rings (SSSR count). The van der Waals surface area contributed by atoms with E-state index >= 15 is 0 Å². The predicted octanol–water partition coefficient (Wildman–Crippen LogP) is 1.64. The fraction of sp³-hybridized carbons (Fsp3) is 0.0909. The van der Waals surface area contributed by atoms with Crippen molar-refractivity contribution in [1.82, 2.24) is 0 Å². The second-order valence-electron chi connectivity index (χ2n) is 4.04. The van der Waals surface area contributed by atoms with Gasteiger partial charge in [0.25, 0.3) is 20.2 Å². The molecule has 0 unspecified atom stereocenters. The van der Waals surface area contributed by atoms with Crippen molar-refractivity contribution in [3.8, 4) is 0 Å². The molecule has 0 heterocycles. The zero-order valence-corrected chi connectivity index (χ0v) is 11.4. The minimum Gasteiger partial charge on any atom is -0.282 e. The normalized spacial score (nSPS) is 12.8. The molecule has 0 aliphatic rings. The van der Waals surface area contributed by atoms with Crippen LogP contribution in [0.1, 0.15) is 5.56 Å². The van der Waals surface area contributed by atoms with Gasteiger partial charge in [0.15, 0.2) is 0 Å². The van der Waals surface area contributed by atoms with Gasteiger partial charge in [0.2, 0.25) is 0 Å². The third-order valence-corrected chi connectivity index (χ3v) is 4.41. The van der Waals surface area contributed by atoms with Crippen LogP contribution in [0.4, 0.5) is 0 Å². The van der Waals surface area contributed by atoms with E-state index in [2.05, 4.69) is 0 Å². The monoisotopic (exact) mass is 302 g/mol. The summed E-state index contributed by atoms with van der Waals surface area (Å²) in [6, 6.07) is 6.38. The van der Waals surface area contributed by atoms with Crippen LogP contribution in [0.2, 0.25) is 0 Å². The first kappa shape index (κ1) is 13.9. The summed E-state index contributed by atoms with van der Waals surface area (Å²) in [5.74, 6) is 0. The fourth-order valence-corrected chi connectivity index (χ4v) is 3.32. The van der Waals surface area contributed by atoms with E-state index in [-0.39, 0.29) is 15.2 Å². The van der Waals surface area contributed by atoms with E-state index in [1.165, 1.54) is 25.1 Å². The molecule has 2 aromatic rings. The Bertz CT molecular complexity index is 865. The first-order valence-electron chi connectivity index (χ1n) is 5.09. The van der Waals surface area contributed by atoms with Crippen LogP contribution in [0.15, 0.2) is 40.1 Å². The molecule has 0 aliphatic heterocycles. The summed E-state index contributed by atoms with van der Waals surface area (Å²) in [4.78, 5) is -0.630. The van der Waals surface area contributed by atoms with E-state index in [0.29, 0.717) is 10.9 Å². The Balaban J connectivity index is 2.96. The number of hydrogen-bond acceptors (Lipinski definition) is 4. The molecular formula is C11H10O6S2. The smallest absolute Gasteiger partial charge is 0.282 e.